The van der Waals surface area contributed by atoms with Gasteiger partial charge >= 0.3 is 6.03 Å². The number of rotatable bonds is 5. The standard InChI is InChI=1S/C36H44N6O3/c1-38(2)36(45)41-22-20-40(21-23-41)34(43)29-14-9-17-42(26-29)31-15-18-39(19-16-31)35(44)30-24-32(27-10-5-3-6-11-27)37-33(25-30)28-12-7-4-8-13-28/h3-8,10-13,24-25,29,31H,9,14-23,26H2,1-2H3/t29-/m1/s1. The van der Waals surface area contributed by atoms with Crippen molar-refractivity contribution in [3.05, 3.63) is 78.4 Å². The van der Waals surface area contributed by atoms with Crippen LogP contribution in [0.4, 0.5) is 4.79 Å². The quantitative estimate of drug-likeness (QED) is 0.425. The Balaban J connectivity index is 1.07. The Morgan fingerprint density at radius 1 is 0.689 bits per heavy atom. The van der Waals surface area contributed by atoms with Gasteiger partial charge in [-0.15, -0.1) is 0 Å². The molecule has 4 amide bonds. The smallest absolute Gasteiger partial charge is 0.319 e. The molecule has 3 aliphatic rings. The van der Waals surface area contributed by atoms with E-state index >= 15 is 0 Å². The lowest BCUT2D eigenvalue weighted by Gasteiger charge is -2.43. The molecule has 9 heteroatoms. The van der Waals surface area contributed by atoms with Crippen molar-refractivity contribution in [2.75, 3.05) is 66.5 Å². The Morgan fingerprint density at radius 2 is 1.24 bits per heavy atom. The molecule has 1 aromatic heterocycles. The van der Waals surface area contributed by atoms with Crippen LogP contribution in [0.15, 0.2) is 72.8 Å². The normalized spacial score (nSPS) is 19.8. The van der Waals surface area contributed by atoms with E-state index in [-0.39, 0.29) is 23.8 Å². The monoisotopic (exact) mass is 608 g/mol. The maximum absolute atomic E-state index is 13.9. The second kappa shape index (κ2) is 13.8. The number of piperidine rings is 2. The van der Waals surface area contributed by atoms with E-state index in [1.807, 2.05) is 87.5 Å². The SMILES string of the molecule is CN(C)C(=O)N1CCN(C(=O)[C@@H]2CCCN(C3CCN(C(=O)c4cc(-c5ccccc5)nc(-c5ccccc5)c4)CC3)C2)CC1. The molecule has 0 saturated carbocycles. The van der Waals surface area contributed by atoms with Gasteiger partial charge in [0, 0.05) is 82.6 Å². The Hall–Kier alpha value is -4.24. The van der Waals surface area contributed by atoms with Crippen molar-refractivity contribution >= 4 is 17.8 Å². The van der Waals surface area contributed by atoms with Gasteiger partial charge in [0.25, 0.3) is 5.91 Å². The van der Waals surface area contributed by atoms with Crippen molar-refractivity contribution in [3.8, 4) is 22.5 Å². The van der Waals surface area contributed by atoms with E-state index in [1.54, 1.807) is 19.0 Å². The number of carbonyl (C=O) groups excluding carboxylic acids is 3. The number of benzene rings is 2. The summed E-state index contributed by atoms with van der Waals surface area (Å²) in [5.41, 5.74) is 4.23. The number of hydrogen-bond donors (Lipinski definition) is 0. The van der Waals surface area contributed by atoms with Gasteiger partial charge < -0.3 is 19.6 Å². The predicted molar refractivity (Wildman–Crippen MR) is 176 cm³/mol. The highest BCUT2D eigenvalue weighted by molar-refractivity contribution is 5.96. The fraction of sp³-hybridized carbons (Fsp3) is 0.444. The molecular weight excluding hydrogens is 564 g/mol. The van der Waals surface area contributed by atoms with Crippen molar-refractivity contribution in [2.45, 2.75) is 31.7 Å². The molecule has 236 valence electrons. The molecule has 4 heterocycles. The van der Waals surface area contributed by atoms with Gasteiger partial charge in [-0.25, -0.2) is 9.78 Å². The van der Waals surface area contributed by atoms with Gasteiger partial charge in [-0.1, -0.05) is 60.7 Å². The molecule has 2 aromatic carbocycles. The summed E-state index contributed by atoms with van der Waals surface area (Å²) in [6.07, 6.45) is 3.73. The van der Waals surface area contributed by atoms with E-state index in [0.717, 1.165) is 61.3 Å². The molecule has 45 heavy (non-hydrogen) atoms. The molecule has 3 fully saturated rings. The number of piperazine rings is 1. The van der Waals surface area contributed by atoms with Crippen LogP contribution >= 0.6 is 0 Å². The summed E-state index contributed by atoms with van der Waals surface area (Å²) in [7, 11) is 3.53. The fourth-order valence-electron chi connectivity index (χ4n) is 6.98. The van der Waals surface area contributed by atoms with Crippen molar-refractivity contribution in [1.82, 2.24) is 29.5 Å². The third kappa shape index (κ3) is 7.04. The fourth-order valence-corrected chi connectivity index (χ4v) is 6.98. The predicted octanol–water partition coefficient (Wildman–Crippen LogP) is 4.56. The number of likely N-dealkylation sites (tertiary alicyclic amines) is 2. The van der Waals surface area contributed by atoms with Crippen LogP contribution in [0.2, 0.25) is 0 Å². The topological polar surface area (TPSA) is 80.3 Å². The van der Waals surface area contributed by atoms with Crippen molar-refractivity contribution in [3.63, 3.8) is 0 Å². The molecular formula is C36H44N6O3. The zero-order valence-electron chi connectivity index (χ0n) is 26.5. The maximum atomic E-state index is 13.9. The Labute approximate surface area is 266 Å². The van der Waals surface area contributed by atoms with Crippen LogP contribution in [-0.2, 0) is 4.79 Å². The maximum Gasteiger partial charge on any atom is 0.319 e. The first-order valence-corrected chi connectivity index (χ1v) is 16.3. The third-order valence-corrected chi connectivity index (χ3v) is 9.53. The summed E-state index contributed by atoms with van der Waals surface area (Å²) in [6.45, 7) is 5.54. The summed E-state index contributed by atoms with van der Waals surface area (Å²) >= 11 is 0. The summed E-state index contributed by atoms with van der Waals surface area (Å²) < 4.78 is 0. The highest BCUT2D eigenvalue weighted by atomic mass is 16.2. The van der Waals surface area contributed by atoms with Gasteiger partial charge in [-0.3, -0.25) is 14.5 Å². The van der Waals surface area contributed by atoms with E-state index in [2.05, 4.69) is 4.90 Å². The summed E-state index contributed by atoms with van der Waals surface area (Å²) in [6, 6.07) is 24.3. The molecule has 1 atom stereocenters. The molecule has 9 nitrogen and oxygen atoms in total. The van der Waals surface area contributed by atoms with Gasteiger partial charge in [-0.2, -0.15) is 0 Å². The molecule has 0 N–H and O–H groups in total. The average molecular weight is 609 g/mol. The van der Waals surface area contributed by atoms with Crippen LogP contribution < -0.4 is 0 Å². The molecule has 3 aromatic rings. The van der Waals surface area contributed by atoms with Gasteiger partial charge in [0.05, 0.1) is 17.3 Å². The molecule has 0 spiro atoms. The molecule has 0 radical (unpaired) electrons. The molecule has 6 rings (SSSR count). The van der Waals surface area contributed by atoms with Crippen LogP contribution in [-0.4, -0.2) is 120 Å². The van der Waals surface area contributed by atoms with Crippen molar-refractivity contribution < 1.29 is 14.4 Å². The van der Waals surface area contributed by atoms with Crippen molar-refractivity contribution in [2.24, 2.45) is 5.92 Å². The minimum atomic E-state index is -0.000791. The van der Waals surface area contributed by atoms with Crippen LogP contribution in [0.1, 0.15) is 36.0 Å². The number of nitrogens with zero attached hydrogens (tertiary/aromatic N) is 6. The van der Waals surface area contributed by atoms with Gasteiger partial charge in [-0.05, 0) is 44.4 Å². The summed E-state index contributed by atoms with van der Waals surface area (Å²) in [4.78, 5) is 54.4. The lowest BCUT2D eigenvalue weighted by Crippen LogP contribution is -2.56. The van der Waals surface area contributed by atoms with Gasteiger partial charge in [0.15, 0.2) is 0 Å². The van der Waals surface area contributed by atoms with Crippen LogP contribution in [0, 0.1) is 5.92 Å². The number of carbonyl (C=O) groups is 3. The number of amides is 4. The van der Waals surface area contributed by atoms with E-state index in [4.69, 9.17) is 4.98 Å². The minimum absolute atomic E-state index is 0.000791. The Kier molecular flexibility index (Phi) is 9.45. The third-order valence-electron chi connectivity index (χ3n) is 9.53. The first kappa shape index (κ1) is 30.8. The van der Waals surface area contributed by atoms with Crippen LogP contribution in [0.25, 0.3) is 22.5 Å². The highest BCUT2D eigenvalue weighted by Crippen LogP contribution is 2.29. The largest absolute Gasteiger partial charge is 0.339 e. The highest BCUT2D eigenvalue weighted by Gasteiger charge is 2.35. The summed E-state index contributed by atoms with van der Waals surface area (Å²) in [5.74, 6) is 0.272. The van der Waals surface area contributed by atoms with Crippen molar-refractivity contribution in [1.29, 1.82) is 0 Å². The second-order valence-corrected chi connectivity index (χ2v) is 12.7. The molecule has 0 aliphatic carbocycles. The van der Waals surface area contributed by atoms with Gasteiger partial charge in [0.2, 0.25) is 5.91 Å². The first-order chi connectivity index (χ1) is 21.9. The minimum Gasteiger partial charge on any atom is -0.339 e. The second-order valence-electron chi connectivity index (χ2n) is 12.7. The lowest BCUT2D eigenvalue weighted by molar-refractivity contribution is -0.139. The van der Waals surface area contributed by atoms with Gasteiger partial charge in [0.1, 0.15) is 0 Å². The Bertz CT molecular complexity index is 1420. The van der Waals surface area contributed by atoms with Crippen LogP contribution in [0.5, 0.6) is 0 Å². The molecule has 3 aliphatic heterocycles. The number of pyridine rings is 1. The average Bonchev–Trinajstić information content (AvgIpc) is 3.11. The zero-order valence-corrected chi connectivity index (χ0v) is 26.5. The molecule has 0 bridgehead atoms. The number of hydrogen-bond acceptors (Lipinski definition) is 5. The van der Waals surface area contributed by atoms with E-state index in [9.17, 15) is 14.4 Å². The zero-order chi connectivity index (χ0) is 31.3. The van der Waals surface area contributed by atoms with Crippen LogP contribution in [0.3, 0.4) is 0 Å². The summed E-state index contributed by atoms with van der Waals surface area (Å²) in [5, 5.41) is 0. The first-order valence-electron chi connectivity index (χ1n) is 16.3. The number of aromatic nitrogens is 1. The lowest BCUT2D eigenvalue weighted by atomic mass is 9.92. The Morgan fingerprint density at radius 3 is 1.80 bits per heavy atom. The number of urea groups is 1. The van der Waals surface area contributed by atoms with E-state index in [0.29, 0.717) is 50.9 Å². The van der Waals surface area contributed by atoms with E-state index < -0.39 is 0 Å². The molecule has 0 unspecified atom stereocenters. The molecule has 3 saturated heterocycles. The van der Waals surface area contributed by atoms with E-state index in [1.165, 1.54) is 0 Å².